The molecule has 2 heterocycles. The molecule has 166 valence electrons. The van der Waals surface area contributed by atoms with Gasteiger partial charge < -0.3 is 19.9 Å². The summed E-state index contributed by atoms with van der Waals surface area (Å²) in [6, 6.07) is 11.9. The number of rotatable bonds is 5. The van der Waals surface area contributed by atoms with Gasteiger partial charge in [-0.05, 0) is 31.5 Å². The number of allylic oxidation sites excluding steroid dienone is 2. The summed E-state index contributed by atoms with van der Waals surface area (Å²) in [5.41, 5.74) is 1.92. The second-order valence-corrected chi connectivity index (χ2v) is 8.17. The highest BCUT2D eigenvalue weighted by Crippen LogP contribution is 2.31. The maximum Gasteiger partial charge on any atom is 0.341 e. The quantitative estimate of drug-likeness (QED) is 0.595. The molecule has 0 bridgehead atoms. The Hall–Kier alpha value is -3.45. The molecule has 0 saturated carbocycles. The monoisotopic (exact) mass is 435 g/mol. The van der Waals surface area contributed by atoms with Gasteiger partial charge in [0.25, 0.3) is 0 Å². The Kier molecular flexibility index (Phi) is 6.10. The Bertz CT molecular complexity index is 1260. The van der Waals surface area contributed by atoms with Gasteiger partial charge in [-0.1, -0.05) is 42.0 Å². The summed E-state index contributed by atoms with van der Waals surface area (Å²) < 4.78 is 16.9. The van der Waals surface area contributed by atoms with Crippen LogP contribution >= 0.6 is 0 Å². The van der Waals surface area contributed by atoms with E-state index in [1.165, 1.54) is 6.07 Å². The number of hydrogen-bond donors (Lipinski definition) is 2. The molecule has 1 aliphatic rings. The molecular weight excluding hydrogens is 409 g/mol. The molecule has 0 spiro atoms. The maximum absolute atomic E-state index is 15.1. The number of carboxylic acids is 1. The van der Waals surface area contributed by atoms with Crippen LogP contribution in [0.3, 0.4) is 0 Å². The number of halogens is 1. The Morgan fingerprint density at radius 1 is 1.16 bits per heavy atom. The molecule has 0 unspecified atom stereocenters. The zero-order valence-electron chi connectivity index (χ0n) is 18.2. The highest BCUT2D eigenvalue weighted by molar-refractivity contribution is 6.00. The van der Waals surface area contributed by atoms with E-state index in [0.717, 1.165) is 18.7 Å². The zero-order chi connectivity index (χ0) is 22.8. The van der Waals surface area contributed by atoms with Crippen molar-refractivity contribution in [1.82, 2.24) is 9.88 Å². The van der Waals surface area contributed by atoms with Gasteiger partial charge in [-0.25, -0.2) is 9.18 Å². The lowest BCUT2D eigenvalue weighted by atomic mass is 10.0. The average molecular weight is 435 g/mol. The van der Waals surface area contributed by atoms with Crippen molar-refractivity contribution in [3.8, 4) is 11.3 Å². The predicted octanol–water partition coefficient (Wildman–Crippen LogP) is 3.88. The number of benzene rings is 2. The van der Waals surface area contributed by atoms with Gasteiger partial charge in [-0.3, -0.25) is 4.79 Å². The molecule has 7 heteroatoms. The first-order valence-electron chi connectivity index (χ1n) is 10.7. The van der Waals surface area contributed by atoms with Crippen LogP contribution in [0.1, 0.15) is 24.2 Å². The minimum Gasteiger partial charge on any atom is -0.477 e. The number of carbonyl (C=O) groups is 1. The summed E-state index contributed by atoms with van der Waals surface area (Å²) in [6.07, 6.45) is 1.97. The van der Waals surface area contributed by atoms with E-state index < -0.39 is 17.2 Å². The number of aromatic carboxylic acids is 1. The SMILES string of the molecule is CC(C)=CCn1c(-c2ccccc2)c(C(=O)O)c(=O)c2cc(F)c(N3CCNCC3)cc21. The van der Waals surface area contributed by atoms with Crippen molar-refractivity contribution in [1.29, 1.82) is 0 Å². The van der Waals surface area contributed by atoms with Crippen LogP contribution in [0.2, 0.25) is 0 Å². The lowest BCUT2D eigenvalue weighted by Crippen LogP contribution is -2.44. The predicted molar refractivity (Wildman–Crippen MR) is 125 cm³/mol. The molecule has 0 aliphatic carbocycles. The second kappa shape index (κ2) is 8.96. The minimum absolute atomic E-state index is 0.0700. The Morgan fingerprint density at radius 3 is 2.47 bits per heavy atom. The number of nitrogens with zero attached hydrogens (tertiary/aromatic N) is 2. The van der Waals surface area contributed by atoms with Crippen LogP contribution < -0.4 is 15.6 Å². The minimum atomic E-state index is -1.33. The summed E-state index contributed by atoms with van der Waals surface area (Å²) in [5, 5.41) is 13.3. The van der Waals surface area contributed by atoms with Crippen LogP contribution in [0, 0.1) is 5.82 Å². The number of aromatic nitrogens is 1. The summed E-state index contributed by atoms with van der Waals surface area (Å²) in [4.78, 5) is 27.5. The van der Waals surface area contributed by atoms with Crippen LogP contribution in [0.15, 0.2) is 58.9 Å². The van der Waals surface area contributed by atoms with Crippen molar-refractivity contribution in [2.24, 2.45) is 0 Å². The van der Waals surface area contributed by atoms with Crippen molar-refractivity contribution < 1.29 is 14.3 Å². The van der Waals surface area contributed by atoms with Crippen molar-refractivity contribution in [3.05, 3.63) is 75.7 Å². The summed E-state index contributed by atoms with van der Waals surface area (Å²) >= 11 is 0. The second-order valence-electron chi connectivity index (χ2n) is 8.17. The van der Waals surface area contributed by atoms with Gasteiger partial charge in [0.05, 0.1) is 16.9 Å². The van der Waals surface area contributed by atoms with Crippen molar-refractivity contribution >= 4 is 22.6 Å². The Morgan fingerprint density at radius 2 is 1.84 bits per heavy atom. The van der Waals surface area contributed by atoms with E-state index in [1.54, 1.807) is 30.3 Å². The Labute approximate surface area is 185 Å². The standard InChI is InChI=1S/C25H26FN3O3/c1-16(2)8-11-29-20-15-21(28-12-9-27-10-13-28)19(26)14-18(20)24(30)22(25(31)32)23(29)17-6-4-3-5-7-17/h3-8,14-15,27H,9-13H2,1-2H3,(H,31,32). The molecular formula is C25H26FN3O3. The molecule has 2 N–H and O–H groups in total. The van der Waals surface area contributed by atoms with E-state index in [9.17, 15) is 14.7 Å². The van der Waals surface area contributed by atoms with E-state index in [4.69, 9.17) is 0 Å². The summed E-state index contributed by atoms with van der Waals surface area (Å²) in [7, 11) is 0. The van der Waals surface area contributed by atoms with Crippen LogP contribution in [0.25, 0.3) is 22.2 Å². The average Bonchev–Trinajstić information content (AvgIpc) is 2.79. The number of piperazine rings is 1. The van der Waals surface area contributed by atoms with E-state index >= 15 is 4.39 Å². The fourth-order valence-corrected chi connectivity index (χ4v) is 4.16. The van der Waals surface area contributed by atoms with Gasteiger partial charge in [0.2, 0.25) is 5.43 Å². The largest absolute Gasteiger partial charge is 0.477 e. The maximum atomic E-state index is 15.1. The molecule has 1 aromatic heterocycles. The van der Waals surface area contributed by atoms with Crippen molar-refractivity contribution in [2.45, 2.75) is 20.4 Å². The van der Waals surface area contributed by atoms with Gasteiger partial charge in [0, 0.05) is 38.1 Å². The molecule has 4 rings (SSSR count). The van der Waals surface area contributed by atoms with Gasteiger partial charge >= 0.3 is 5.97 Å². The third kappa shape index (κ3) is 4.03. The fourth-order valence-electron chi connectivity index (χ4n) is 4.16. The topological polar surface area (TPSA) is 74.6 Å². The smallest absolute Gasteiger partial charge is 0.341 e. The lowest BCUT2D eigenvalue weighted by molar-refractivity contribution is 0.0696. The Balaban J connectivity index is 2.11. The first-order chi connectivity index (χ1) is 15.4. The van der Waals surface area contributed by atoms with Crippen LogP contribution in [0.4, 0.5) is 10.1 Å². The van der Waals surface area contributed by atoms with Crippen molar-refractivity contribution in [2.75, 3.05) is 31.1 Å². The van der Waals surface area contributed by atoms with E-state index in [-0.39, 0.29) is 10.9 Å². The molecule has 0 radical (unpaired) electrons. The molecule has 6 nitrogen and oxygen atoms in total. The normalized spacial score (nSPS) is 13.9. The molecule has 1 fully saturated rings. The van der Waals surface area contributed by atoms with Gasteiger partial charge in [-0.2, -0.15) is 0 Å². The zero-order valence-corrected chi connectivity index (χ0v) is 18.2. The highest BCUT2D eigenvalue weighted by atomic mass is 19.1. The first-order valence-corrected chi connectivity index (χ1v) is 10.7. The lowest BCUT2D eigenvalue weighted by Gasteiger charge is -2.30. The molecule has 0 amide bonds. The van der Waals surface area contributed by atoms with Crippen LogP contribution in [0.5, 0.6) is 0 Å². The first kappa shape index (κ1) is 21.8. The van der Waals surface area contributed by atoms with Gasteiger partial charge in [0.1, 0.15) is 11.4 Å². The van der Waals surface area contributed by atoms with E-state index in [1.807, 2.05) is 35.5 Å². The van der Waals surface area contributed by atoms with Crippen LogP contribution in [-0.2, 0) is 6.54 Å². The molecule has 1 aliphatic heterocycles. The fraction of sp³-hybridized carbons (Fsp3) is 0.280. The van der Waals surface area contributed by atoms with E-state index in [0.29, 0.717) is 42.1 Å². The number of anilines is 1. The number of pyridine rings is 1. The van der Waals surface area contributed by atoms with Crippen molar-refractivity contribution in [3.63, 3.8) is 0 Å². The van der Waals surface area contributed by atoms with E-state index in [2.05, 4.69) is 5.32 Å². The van der Waals surface area contributed by atoms with Crippen LogP contribution in [-0.4, -0.2) is 41.8 Å². The third-order valence-corrected chi connectivity index (χ3v) is 5.74. The third-order valence-electron chi connectivity index (χ3n) is 5.74. The summed E-state index contributed by atoms with van der Waals surface area (Å²) in [6.45, 7) is 7.06. The summed E-state index contributed by atoms with van der Waals surface area (Å²) in [5.74, 6) is -1.85. The number of hydrogen-bond acceptors (Lipinski definition) is 4. The van der Waals surface area contributed by atoms with Gasteiger partial charge in [-0.15, -0.1) is 0 Å². The number of carboxylic acid groups (broad SMARTS) is 1. The molecule has 0 atom stereocenters. The molecule has 1 saturated heterocycles. The number of nitrogens with one attached hydrogen (secondary N) is 1. The molecule has 32 heavy (non-hydrogen) atoms. The number of fused-ring (bicyclic) bond motifs is 1. The molecule has 2 aromatic carbocycles. The van der Waals surface area contributed by atoms with Gasteiger partial charge in [0.15, 0.2) is 0 Å². The highest BCUT2D eigenvalue weighted by Gasteiger charge is 2.25. The molecule has 3 aromatic rings.